The Bertz CT molecular complexity index is 371. The fraction of sp³-hybridized carbons (Fsp3) is 0.947. The summed E-state index contributed by atoms with van der Waals surface area (Å²) in [4.78, 5) is 14.4. The largest absolute Gasteiger partial charge is 0.444 e. The molecule has 1 saturated heterocycles. The second kappa shape index (κ2) is 11.7. The van der Waals surface area contributed by atoms with Crippen molar-refractivity contribution in [1.82, 2.24) is 10.2 Å². The van der Waals surface area contributed by atoms with Gasteiger partial charge in [0, 0.05) is 32.3 Å². The van der Waals surface area contributed by atoms with E-state index in [1.807, 2.05) is 25.7 Å². The summed E-state index contributed by atoms with van der Waals surface area (Å²) in [6, 6.07) is 0.635. The van der Waals surface area contributed by atoms with E-state index in [1.165, 1.54) is 6.42 Å². The third kappa shape index (κ3) is 10.0. The van der Waals surface area contributed by atoms with Crippen LogP contribution in [-0.4, -0.2) is 68.7 Å². The van der Waals surface area contributed by atoms with Gasteiger partial charge in [0.15, 0.2) is 0 Å². The predicted molar refractivity (Wildman–Crippen MR) is 100.0 cm³/mol. The lowest BCUT2D eigenvalue weighted by Crippen LogP contribution is -2.48. The maximum absolute atomic E-state index is 12.4. The number of rotatable bonds is 10. The Morgan fingerprint density at radius 3 is 2.68 bits per heavy atom. The topological polar surface area (TPSA) is 60.0 Å². The molecule has 1 heterocycles. The normalized spacial score (nSPS) is 19.7. The summed E-state index contributed by atoms with van der Waals surface area (Å²) < 4.78 is 16.0. The minimum atomic E-state index is -0.439. The molecule has 1 amide bonds. The zero-order valence-corrected chi connectivity index (χ0v) is 16.8. The minimum Gasteiger partial charge on any atom is -0.444 e. The van der Waals surface area contributed by atoms with Crippen LogP contribution in [0.2, 0.25) is 0 Å². The molecule has 0 spiro atoms. The van der Waals surface area contributed by atoms with Gasteiger partial charge in [-0.3, -0.25) is 0 Å². The number of amides is 1. The lowest BCUT2D eigenvalue weighted by Gasteiger charge is -2.38. The number of carbonyl (C=O) groups excluding carboxylic acids is 1. The van der Waals surface area contributed by atoms with Gasteiger partial charge in [-0.1, -0.05) is 0 Å². The van der Waals surface area contributed by atoms with E-state index in [1.54, 1.807) is 7.11 Å². The monoisotopic (exact) mass is 358 g/mol. The fourth-order valence-electron chi connectivity index (χ4n) is 3.06. The third-order valence-corrected chi connectivity index (χ3v) is 4.27. The van der Waals surface area contributed by atoms with Gasteiger partial charge in [-0.05, 0) is 66.3 Å². The van der Waals surface area contributed by atoms with E-state index in [2.05, 4.69) is 12.2 Å². The highest BCUT2D eigenvalue weighted by atomic mass is 16.6. The Labute approximate surface area is 153 Å². The average Bonchev–Trinajstić information content (AvgIpc) is 2.53. The molecule has 2 unspecified atom stereocenters. The first-order chi connectivity index (χ1) is 11.8. The second-order valence-electron chi connectivity index (χ2n) is 7.87. The standard InChI is InChI=1S/C19H38N2O4/c1-16(20-10-8-12-24-14-13-23-5)15-17-9-6-7-11-21(17)18(22)25-19(2,3)4/h16-17,20H,6-15H2,1-5H3. The Kier molecular flexibility index (Phi) is 10.4. The third-order valence-electron chi connectivity index (χ3n) is 4.27. The van der Waals surface area contributed by atoms with Crippen molar-refractivity contribution in [2.45, 2.75) is 77.5 Å². The molecule has 25 heavy (non-hydrogen) atoms. The number of hydrogen-bond donors (Lipinski definition) is 1. The first kappa shape index (κ1) is 22.2. The highest BCUT2D eigenvalue weighted by molar-refractivity contribution is 5.68. The molecule has 1 N–H and O–H groups in total. The first-order valence-corrected chi connectivity index (χ1v) is 9.63. The van der Waals surface area contributed by atoms with Crippen molar-refractivity contribution >= 4 is 6.09 Å². The van der Waals surface area contributed by atoms with Crippen molar-refractivity contribution in [3.63, 3.8) is 0 Å². The van der Waals surface area contributed by atoms with E-state index in [0.29, 0.717) is 19.3 Å². The summed E-state index contributed by atoms with van der Waals surface area (Å²) in [6.07, 6.45) is 5.08. The summed E-state index contributed by atoms with van der Waals surface area (Å²) in [5.41, 5.74) is -0.439. The lowest BCUT2D eigenvalue weighted by atomic mass is 9.96. The van der Waals surface area contributed by atoms with Crippen LogP contribution < -0.4 is 5.32 Å². The van der Waals surface area contributed by atoms with E-state index < -0.39 is 5.60 Å². The molecule has 0 radical (unpaired) electrons. The van der Waals surface area contributed by atoms with Gasteiger partial charge >= 0.3 is 6.09 Å². The molecule has 6 heteroatoms. The van der Waals surface area contributed by atoms with Crippen molar-refractivity contribution in [2.24, 2.45) is 0 Å². The van der Waals surface area contributed by atoms with Gasteiger partial charge in [0.05, 0.1) is 13.2 Å². The predicted octanol–water partition coefficient (Wildman–Crippen LogP) is 3.20. The number of nitrogens with one attached hydrogen (secondary N) is 1. The maximum Gasteiger partial charge on any atom is 0.410 e. The quantitative estimate of drug-likeness (QED) is 0.608. The maximum atomic E-state index is 12.4. The summed E-state index contributed by atoms with van der Waals surface area (Å²) in [5, 5.41) is 3.54. The highest BCUT2D eigenvalue weighted by Gasteiger charge is 2.31. The van der Waals surface area contributed by atoms with Gasteiger partial charge in [-0.2, -0.15) is 0 Å². The van der Waals surface area contributed by atoms with Gasteiger partial charge in [-0.25, -0.2) is 4.79 Å². The van der Waals surface area contributed by atoms with Crippen molar-refractivity contribution < 1.29 is 19.0 Å². The van der Waals surface area contributed by atoms with Crippen molar-refractivity contribution in [2.75, 3.05) is 40.0 Å². The highest BCUT2D eigenvalue weighted by Crippen LogP contribution is 2.23. The molecule has 1 rings (SSSR count). The van der Waals surface area contributed by atoms with E-state index >= 15 is 0 Å². The van der Waals surface area contributed by atoms with Crippen LogP contribution in [0, 0.1) is 0 Å². The van der Waals surface area contributed by atoms with Crippen molar-refractivity contribution in [3.8, 4) is 0 Å². The molecule has 0 aliphatic carbocycles. The van der Waals surface area contributed by atoms with Gasteiger partial charge in [0.1, 0.15) is 5.60 Å². The van der Waals surface area contributed by atoms with Gasteiger partial charge in [0.2, 0.25) is 0 Å². The summed E-state index contributed by atoms with van der Waals surface area (Å²) in [7, 11) is 1.68. The number of ether oxygens (including phenoxy) is 3. The van der Waals surface area contributed by atoms with Gasteiger partial charge < -0.3 is 24.4 Å². The fourth-order valence-corrected chi connectivity index (χ4v) is 3.06. The number of methoxy groups -OCH3 is 1. The summed E-state index contributed by atoms with van der Waals surface area (Å²) >= 11 is 0. The number of carbonyl (C=O) groups is 1. The Balaban J connectivity index is 2.30. The van der Waals surface area contributed by atoms with Gasteiger partial charge in [-0.15, -0.1) is 0 Å². The van der Waals surface area contributed by atoms with Crippen molar-refractivity contribution in [3.05, 3.63) is 0 Å². The number of hydrogen-bond acceptors (Lipinski definition) is 5. The minimum absolute atomic E-state index is 0.170. The van der Waals surface area contributed by atoms with Gasteiger partial charge in [0.25, 0.3) is 0 Å². The summed E-state index contributed by atoms with van der Waals surface area (Å²) in [6.45, 7) is 11.7. The smallest absolute Gasteiger partial charge is 0.410 e. The number of piperidine rings is 1. The SMILES string of the molecule is COCCOCCCNC(C)CC1CCCCN1C(=O)OC(C)(C)C. The Morgan fingerprint density at radius 1 is 1.24 bits per heavy atom. The van der Waals surface area contributed by atoms with E-state index in [-0.39, 0.29) is 12.1 Å². The molecule has 2 atom stereocenters. The van der Waals surface area contributed by atoms with E-state index in [0.717, 1.165) is 45.4 Å². The van der Waals surface area contributed by atoms with Crippen molar-refractivity contribution in [1.29, 1.82) is 0 Å². The van der Waals surface area contributed by atoms with E-state index in [9.17, 15) is 4.79 Å². The molecule has 1 fully saturated rings. The van der Waals surface area contributed by atoms with Crippen LogP contribution >= 0.6 is 0 Å². The number of likely N-dealkylation sites (tertiary alicyclic amines) is 1. The molecule has 0 aromatic heterocycles. The van der Waals surface area contributed by atoms with E-state index in [4.69, 9.17) is 14.2 Å². The van der Waals surface area contributed by atoms with Crippen LogP contribution in [-0.2, 0) is 14.2 Å². The first-order valence-electron chi connectivity index (χ1n) is 9.63. The van der Waals surface area contributed by atoms with Crippen LogP contribution in [0.15, 0.2) is 0 Å². The zero-order valence-electron chi connectivity index (χ0n) is 16.8. The second-order valence-corrected chi connectivity index (χ2v) is 7.87. The molecular weight excluding hydrogens is 320 g/mol. The molecule has 0 saturated carbocycles. The molecular formula is C19H38N2O4. The Hall–Kier alpha value is -0.850. The zero-order chi connectivity index (χ0) is 18.7. The number of nitrogens with zero attached hydrogens (tertiary/aromatic N) is 1. The molecule has 0 aromatic rings. The average molecular weight is 359 g/mol. The molecule has 1 aliphatic rings. The Morgan fingerprint density at radius 2 is 2.00 bits per heavy atom. The van der Waals surface area contributed by atoms with Crippen LogP contribution in [0.1, 0.15) is 59.8 Å². The molecule has 1 aliphatic heterocycles. The lowest BCUT2D eigenvalue weighted by molar-refractivity contribution is 0.00788. The molecule has 148 valence electrons. The van der Waals surface area contributed by atoms with Crippen LogP contribution in [0.5, 0.6) is 0 Å². The van der Waals surface area contributed by atoms with Crippen LogP contribution in [0.3, 0.4) is 0 Å². The molecule has 0 aromatic carbocycles. The molecule has 6 nitrogen and oxygen atoms in total. The summed E-state index contributed by atoms with van der Waals surface area (Å²) in [5.74, 6) is 0. The van der Waals surface area contributed by atoms with Crippen LogP contribution in [0.25, 0.3) is 0 Å². The molecule has 0 bridgehead atoms. The van der Waals surface area contributed by atoms with Crippen LogP contribution in [0.4, 0.5) is 4.79 Å².